The van der Waals surface area contributed by atoms with Gasteiger partial charge >= 0.3 is 0 Å². The molecule has 16 heavy (non-hydrogen) atoms. The highest BCUT2D eigenvalue weighted by atomic mass is 16.1. The van der Waals surface area contributed by atoms with Crippen molar-refractivity contribution < 1.29 is 4.79 Å². The average molecular weight is 210 g/mol. The molecule has 0 aliphatic heterocycles. The van der Waals surface area contributed by atoms with Crippen LogP contribution in [-0.4, -0.2) is 5.78 Å². The summed E-state index contributed by atoms with van der Waals surface area (Å²) in [5.41, 5.74) is 3.78. The largest absolute Gasteiger partial charge is 0.289 e. The molecule has 0 atom stereocenters. The fourth-order valence-electron chi connectivity index (χ4n) is 1.66. The minimum atomic E-state index is 0.0868. The standard InChI is InChI=1S/C15H14O/c1-11-6-8-13(9-7-11)15(16)14-5-3-4-12(2)10-14/h3-10H,1-2H3. The zero-order valence-corrected chi connectivity index (χ0v) is 9.53. The second-order valence-corrected chi connectivity index (χ2v) is 4.06. The van der Waals surface area contributed by atoms with Crippen molar-refractivity contribution in [3.8, 4) is 0 Å². The van der Waals surface area contributed by atoms with Crippen LogP contribution in [0.3, 0.4) is 0 Å². The Morgan fingerprint density at radius 1 is 0.812 bits per heavy atom. The zero-order valence-electron chi connectivity index (χ0n) is 9.53. The van der Waals surface area contributed by atoms with E-state index < -0.39 is 0 Å². The smallest absolute Gasteiger partial charge is 0.193 e. The van der Waals surface area contributed by atoms with Crippen LogP contribution in [0, 0.1) is 13.8 Å². The van der Waals surface area contributed by atoms with Crippen molar-refractivity contribution in [1.29, 1.82) is 0 Å². The summed E-state index contributed by atoms with van der Waals surface area (Å²) in [5, 5.41) is 0. The predicted molar refractivity (Wildman–Crippen MR) is 65.8 cm³/mol. The monoisotopic (exact) mass is 210 g/mol. The number of aryl methyl sites for hydroxylation is 2. The van der Waals surface area contributed by atoms with E-state index in [1.54, 1.807) is 0 Å². The molecule has 80 valence electrons. The van der Waals surface area contributed by atoms with Gasteiger partial charge in [0, 0.05) is 11.1 Å². The molecule has 0 aliphatic carbocycles. The van der Waals surface area contributed by atoms with Gasteiger partial charge in [-0.1, -0.05) is 53.6 Å². The fourth-order valence-corrected chi connectivity index (χ4v) is 1.66. The third-order valence-electron chi connectivity index (χ3n) is 2.59. The van der Waals surface area contributed by atoms with Crippen LogP contribution in [-0.2, 0) is 0 Å². The first-order valence-electron chi connectivity index (χ1n) is 5.35. The molecule has 2 aromatic rings. The topological polar surface area (TPSA) is 17.1 Å². The second kappa shape index (κ2) is 4.31. The van der Waals surface area contributed by atoms with E-state index in [-0.39, 0.29) is 5.78 Å². The van der Waals surface area contributed by atoms with Crippen LogP contribution in [0.4, 0.5) is 0 Å². The Hall–Kier alpha value is -1.89. The number of ketones is 1. The van der Waals surface area contributed by atoms with Gasteiger partial charge in [-0.25, -0.2) is 0 Å². The van der Waals surface area contributed by atoms with Crippen molar-refractivity contribution in [2.75, 3.05) is 0 Å². The highest BCUT2D eigenvalue weighted by Crippen LogP contribution is 2.12. The molecule has 1 nitrogen and oxygen atoms in total. The van der Waals surface area contributed by atoms with Gasteiger partial charge in [-0.05, 0) is 19.9 Å². The Bertz CT molecular complexity index is 509. The number of benzene rings is 2. The normalized spacial score (nSPS) is 10.1. The first-order valence-corrected chi connectivity index (χ1v) is 5.35. The fraction of sp³-hybridized carbons (Fsp3) is 0.133. The van der Waals surface area contributed by atoms with Gasteiger partial charge in [-0.2, -0.15) is 0 Å². The maximum atomic E-state index is 12.1. The molecule has 0 saturated carbocycles. The van der Waals surface area contributed by atoms with Crippen molar-refractivity contribution in [3.05, 3.63) is 70.8 Å². The Balaban J connectivity index is 2.35. The zero-order chi connectivity index (χ0) is 11.5. The third kappa shape index (κ3) is 2.19. The molecule has 0 amide bonds. The molecule has 2 aromatic carbocycles. The number of rotatable bonds is 2. The molecule has 0 fully saturated rings. The molecule has 2 rings (SSSR count). The number of carbonyl (C=O) groups excluding carboxylic acids is 1. The van der Waals surface area contributed by atoms with E-state index in [0.29, 0.717) is 0 Å². The van der Waals surface area contributed by atoms with Crippen molar-refractivity contribution >= 4 is 5.78 Å². The van der Waals surface area contributed by atoms with Crippen LogP contribution >= 0.6 is 0 Å². The average Bonchev–Trinajstić information content (AvgIpc) is 2.29. The van der Waals surface area contributed by atoms with E-state index in [1.807, 2.05) is 62.4 Å². The molecule has 0 spiro atoms. The van der Waals surface area contributed by atoms with Crippen molar-refractivity contribution in [3.63, 3.8) is 0 Å². The van der Waals surface area contributed by atoms with Gasteiger partial charge in [0.2, 0.25) is 0 Å². The van der Waals surface area contributed by atoms with Gasteiger partial charge in [0.25, 0.3) is 0 Å². The molecule has 0 unspecified atom stereocenters. The molecule has 0 heterocycles. The lowest BCUT2D eigenvalue weighted by Crippen LogP contribution is -2.01. The van der Waals surface area contributed by atoms with Crippen molar-refractivity contribution in [2.45, 2.75) is 13.8 Å². The summed E-state index contributed by atoms with van der Waals surface area (Å²) in [7, 11) is 0. The minimum Gasteiger partial charge on any atom is -0.289 e. The molecule has 0 N–H and O–H groups in total. The van der Waals surface area contributed by atoms with E-state index in [9.17, 15) is 4.79 Å². The van der Waals surface area contributed by atoms with Gasteiger partial charge < -0.3 is 0 Å². The third-order valence-corrected chi connectivity index (χ3v) is 2.59. The lowest BCUT2D eigenvalue weighted by molar-refractivity contribution is 0.103. The maximum Gasteiger partial charge on any atom is 0.193 e. The quantitative estimate of drug-likeness (QED) is 0.693. The van der Waals surface area contributed by atoms with Crippen molar-refractivity contribution in [1.82, 2.24) is 0 Å². The SMILES string of the molecule is Cc1ccc(C(=O)c2cccc(C)c2)cc1. The summed E-state index contributed by atoms with van der Waals surface area (Å²) in [5.74, 6) is 0.0868. The Labute approximate surface area is 95.7 Å². The van der Waals surface area contributed by atoms with E-state index in [0.717, 1.165) is 16.7 Å². The Morgan fingerprint density at radius 2 is 1.50 bits per heavy atom. The molecule has 0 aromatic heterocycles. The number of carbonyl (C=O) groups is 1. The second-order valence-electron chi connectivity index (χ2n) is 4.06. The Kier molecular flexibility index (Phi) is 2.86. The van der Waals surface area contributed by atoms with E-state index in [2.05, 4.69) is 0 Å². The van der Waals surface area contributed by atoms with Gasteiger partial charge in [-0.3, -0.25) is 4.79 Å². The number of hydrogen-bond donors (Lipinski definition) is 0. The van der Waals surface area contributed by atoms with Gasteiger partial charge in [0.1, 0.15) is 0 Å². The first kappa shape index (κ1) is 10.6. The van der Waals surface area contributed by atoms with Gasteiger partial charge in [-0.15, -0.1) is 0 Å². The van der Waals surface area contributed by atoms with E-state index in [4.69, 9.17) is 0 Å². The first-order chi connectivity index (χ1) is 7.66. The van der Waals surface area contributed by atoms with Crippen molar-refractivity contribution in [2.24, 2.45) is 0 Å². The lowest BCUT2D eigenvalue weighted by Gasteiger charge is -2.02. The van der Waals surface area contributed by atoms with Gasteiger partial charge in [0.15, 0.2) is 5.78 Å². The van der Waals surface area contributed by atoms with Crippen LogP contribution in [0.25, 0.3) is 0 Å². The molecular weight excluding hydrogens is 196 g/mol. The minimum absolute atomic E-state index is 0.0868. The summed E-state index contributed by atoms with van der Waals surface area (Å²) < 4.78 is 0. The summed E-state index contributed by atoms with van der Waals surface area (Å²) in [6.45, 7) is 4.01. The van der Waals surface area contributed by atoms with E-state index >= 15 is 0 Å². The molecule has 0 saturated heterocycles. The highest BCUT2D eigenvalue weighted by molar-refractivity contribution is 6.09. The molecular formula is C15H14O. The van der Waals surface area contributed by atoms with Gasteiger partial charge in [0.05, 0.1) is 0 Å². The molecule has 0 aliphatic rings. The van der Waals surface area contributed by atoms with Crippen LogP contribution < -0.4 is 0 Å². The summed E-state index contributed by atoms with van der Waals surface area (Å²) in [6, 6.07) is 15.4. The summed E-state index contributed by atoms with van der Waals surface area (Å²) in [6.07, 6.45) is 0. The summed E-state index contributed by atoms with van der Waals surface area (Å²) in [4.78, 5) is 12.1. The molecule has 0 bridgehead atoms. The van der Waals surface area contributed by atoms with Crippen LogP contribution in [0.5, 0.6) is 0 Å². The lowest BCUT2D eigenvalue weighted by atomic mass is 10.0. The van der Waals surface area contributed by atoms with Crippen LogP contribution in [0.15, 0.2) is 48.5 Å². The Morgan fingerprint density at radius 3 is 2.12 bits per heavy atom. The van der Waals surface area contributed by atoms with Crippen LogP contribution in [0.2, 0.25) is 0 Å². The maximum absolute atomic E-state index is 12.1. The predicted octanol–water partition coefficient (Wildman–Crippen LogP) is 3.53. The van der Waals surface area contributed by atoms with E-state index in [1.165, 1.54) is 5.56 Å². The molecule has 1 heteroatoms. The number of hydrogen-bond acceptors (Lipinski definition) is 1. The van der Waals surface area contributed by atoms with Crippen LogP contribution in [0.1, 0.15) is 27.0 Å². The molecule has 0 radical (unpaired) electrons. The summed E-state index contributed by atoms with van der Waals surface area (Å²) >= 11 is 0. The highest BCUT2D eigenvalue weighted by Gasteiger charge is 2.07.